The fraction of sp³-hybridized carbons (Fsp3) is 0.292. The second kappa shape index (κ2) is 8.62. The molecular formula is C24H24N4O6. The average molecular weight is 464 g/mol. The van der Waals surface area contributed by atoms with Gasteiger partial charge in [-0.25, -0.2) is 4.63 Å². The SMILES string of the molecule is COc1ccc(C2CC(=O)C3=C(C2)Nc2nonc2NC3c2cc(OC)c(O)c(OC)c2)cc1. The Morgan fingerprint density at radius 3 is 2.26 bits per heavy atom. The van der Waals surface area contributed by atoms with Crippen LogP contribution in [0.1, 0.15) is 35.9 Å². The maximum atomic E-state index is 13.6. The molecule has 2 aliphatic rings. The van der Waals surface area contributed by atoms with E-state index in [4.69, 9.17) is 18.8 Å². The van der Waals surface area contributed by atoms with Gasteiger partial charge in [-0.3, -0.25) is 4.79 Å². The van der Waals surface area contributed by atoms with Crippen LogP contribution >= 0.6 is 0 Å². The van der Waals surface area contributed by atoms with Crippen molar-refractivity contribution < 1.29 is 28.7 Å². The van der Waals surface area contributed by atoms with E-state index in [1.54, 1.807) is 19.2 Å². The number of nitrogens with one attached hydrogen (secondary N) is 2. The van der Waals surface area contributed by atoms with Crippen LogP contribution in [0.5, 0.6) is 23.0 Å². The molecule has 0 saturated heterocycles. The summed E-state index contributed by atoms with van der Waals surface area (Å²) in [5.74, 6) is 1.84. The number of ether oxygens (including phenoxy) is 3. The molecule has 0 saturated carbocycles. The summed E-state index contributed by atoms with van der Waals surface area (Å²) in [4.78, 5) is 13.6. The van der Waals surface area contributed by atoms with Crippen molar-refractivity contribution in [1.82, 2.24) is 10.3 Å². The number of rotatable bonds is 5. The van der Waals surface area contributed by atoms with Crippen LogP contribution in [0.4, 0.5) is 11.6 Å². The molecule has 2 aromatic carbocycles. The van der Waals surface area contributed by atoms with Gasteiger partial charge in [-0.1, -0.05) is 12.1 Å². The first kappa shape index (κ1) is 21.6. The number of phenolic OH excluding ortho intramolecular Hbond substituents is 1. The van der Waals surface area contributed by atoms with Crippen LogP contribution in [0.15, 0.2) is 52.3 Å². The molecule has 176 valence electrons. The van der Waals surface area contributed by atoms with Crippen molar-refractivity contribution in [3.8, 4) is 23.0 Å². The molecule has 3 aromatic rings. The summed E-state index contributed by atoms with van der Waals surface area (Å²) < 4.78 is 20.8. The zero-order valence-corrected chi connectivity index (χ0v) is 18.9. The lowest BCUT2D eigenvalue weighted by Gasteiger charge is -2.30. The summed E-state index contributed by atoms with van der Waals surface area (Å²) in [6.45, 7) is 0. The van der Waals surface area contributed by atoms with Crippen LogP contribution < -0.4 is 24.8 Å². The number of anilines is 2. The van der Waals surface area contributed by atoms with E-state index in [0.717, 1.165) is 17.0 Å². The molecule has 0 radical (unpaired) electrons. The number of allylic oxidation sites excluding steroid dienone is 1. The number of hydrogen-bond acceptors (Lipinski definition) is 10. The van der Waals surface area contributed by atoms with Gasteiger partial charge in [0.25, 0.3) is 0 Å². The molecule has 0 spiro atoms. The van der Waals surface area contributed by atoms with Crippen LogP contribution in [0, 0.1) is 0 Å². The van der Waals surface area contributed by atoms with Gasteiger partial charge in [0.15, 0.2) is 17.3 Å². The molecule has 10 nitrogen and oxygen atoms in total. The van der Waals surface area contributed by atoms with Crippen molar-refractivity contribution in [3.63, 3.8) is 0 Å². The van der Waals surface area contributed by atoms with E-state index in [1.807, 2.05) is 24.3 Å². The third-order valence-electron chi connectivity index (χ3n) is 6.26. The molecule has 10 heteroatoms. The number of methoxy groups -OCH3 is 3. The number of nitrogens with zero attached hydrogens (tertiary/aromatic N) is 2. The van der Waals surface area contributed by atoms with Crippen LogP contribution in [0.2, 0.25) is 0 Å². The topological polar surface area (TPSA) is 128 Å². The van der Waals surface area contributed by atoms with Crippen LogP contribution in [-0.2, 0) is 4.79 Å². The Labute approximate surface area is 195 Å². The minimum absolute atomic E-state index is 0.0137. The van der Waals surface area contributed by atoms with Crippen LogP contribution in [0.25, 0.3) is 0 Å². The summed E-state index contributed by atoms with van der Waals surface area (Å²) in [6.07, 6.45) is 0.928. The predicted molar refractivity (Wildman–Crippen MR) is 122 cm³/mol. The maximum absolute atomic E-state index is 13.6. The number of hydrogen-bond donors (Lipinski definition) is 3. The van der Waals surface area contributed by atoms with Crippen molar-refractivity contribution in [2.75, 3.05) is 32.0 Å². The number of Topliss-reactive ketones (excluding diaryl/α,β-unsaturated/α-hetero) is 1. The van der Waals surface area contributed by atoms with Gasteiger partial charge in [0.05, 0.1) is 27.4 Å². The highest BCUT2D eigenvalue weighted by molar-refractivity contribution is 6.01. The summed E-state index contributed by atoms with van der Waals surface area (Å²) in [5, 5.41) is 24.8. The Morgan fingerprint density at radius 1 is 0.941 bits per heavy atom. The second-order valence-corrected chi connectivity index (χ2v) is 8.13. The summed E-state index contributed by atoms with van der Waals surface area (Å²) >= 11 is 0. The van der Waals surface area contributed by atoms with Crippen LogP contribution in [0.3, 0.4) is 0 Å². The third kappa shape index (κ3) is 3.66. The number of ketones is 1. The van der Waals surface area contributed by atoms with Gasteiger partial charge in [-0.15, -0.1) is 0 Å². The van der Waals surface area contributed by atoms with Gasteiger partial charge >= 0.3 is 0 Å². The van der Waals surface area contributed by atoms with E-state index in [1.165, 1.54) is 14.2 Å². The van der Waals surface area contributed by atoms with Crippen molar-refractivity contribution in [3.05, 3.63) is 58.8 Å². The number of phenols is 1. The fourth-order valence-corrected chi connectivity index (χ4v) is 4.54. The van der Waals surface area contributed by atoms with E-state index in [9.17, 15) is 9.90 Å². The largest absolute Gasteiger partial charge is 0.502 e. The zero-order valence-electron chi connectivity index (χ0n) is 18.9. The third-order valence-corrected chi connectivity index (χ3v) is 6.26. The molecule has 1 aliphatic heterocycles. The van der Waals surface area contributed by atoms with E-state index in [2.05, 4.69) is 20.9 Å². The Bertz CT molecular complexity index is 1240. The molecule has 1 aliphatic carbocycles. The number of fused-ring (bicyclic) bond motifs is 1. The molecule has 0 bridgehead atoms. The first-order chi connectivity index (χ1) is 16.5. The highest BCUT2D eigenvalue weighted by Gasteiger charge is 2.38. The quantitative estimate of drug-likeness (QED) is 0.513. The van der Waals surface area contributed by atoms with Gasteiger partial charge in [0.1, 0.15) is 5.75 Å². The minimum atomic E-state index is -0.594. The first-order valence-electron chi connectivity index (χ1n) is 10.7. The van der Waals surface area contributed by atoms with Gasteiger partial charge in [-0.05, 0) is 58.0 Å². The second-order valence-electron chi connectivity index (χ2n) is 8.13. The Hall–Kier alpha value is -4.21. The van der Waals surface area contributed by atoms with Crippen molar-refractivity contribution in [2.45, 2.75) is 24.8 Å². The van der Waals surface area contributed by atoms with E-state index >= 15 is 0 Å². The Kier molecular flexibility index (Phi) is 5.48. The maximum Gasteiger partial charge on any atom is 0.219 e. The molecule has 2 unspecified atom stereocenters. The minimum Gasteiger partial charge on any atom is -0.502 e. The summed E-state index contributed by atoms with van der Waals surface area (Å²) in [6, 6.07) is 10.5. The molecule has 5 rings (SSSR count). The first-order valence-corrected chi connectivity index (χ1v) is 10.7. The smallest absolute Gasteiger partial charge is 0.219 e. The normalized spacial score (nSPS) is 19.3. The molecule has 3 N–H and O–H groups in total. The van der Waals surface area contributed by atoms with Gasteiger partial charge in [0.2, 0.25) is 17.4 Å². The van der Waals surface area contributed by atoms with Crippen LogP contribution in [-0.4, -0.2) is 42.5 Å². The number of aromatic hydroxyl groups is 1. The highest BCUT2D eigenvalue weighted by Crippen LogP contribution is 2.46. The lowest BCUT2D eigenvalue weighted by molar-refractivity contribution is -0.116. The average Bonchev–Trinajstić information content (AvgIpc) is 3.22. The Morgan fingerprint density at radius 2 is 1.62 bits per heavy atom. The van der Waals surface area contributed by atoms with Crippen molar-refractivity contribution in [1.29, 1.82) is 0 Å². The highest BCUT2D eigenvalue weighted by atomic mass is 16.6. The van der Waals surface area contributed by atoms with Gasteiger partial charge < -0.3 is 30.0 Å². The van der Waals surface area contributed by atoms with E-state index in [0.29, 0.717) is 35.6 Å². The fourth-order valence-electron chi connectivity index (χ4n) is 4.54. The monoisotopic (exact) mass is 464 g/mol. The van der Waals surface area contributed by atoms with Gasteiger partial charge in [-0.2, -0.15) is 0 Å². The molecule has 2 atom stereocenters. The zero-order chi connectivity index (χ0) is 23.8. The number of aromatic nitrogens is 2. The number of carbonyl (C=O) groups is 1. The molecule has 2 heterocycles. The molecule has 0 amide bonds. The molecule has 34 heavy (non-hydrogen) atoms. The summed E-state index contributed by atoms with van der Waals surface area (Å²) in [7, 11) is 4.53. The van der Waals surface area contributed by atoms with E-state index < -0.39 is 6.04 Å². The standard InChI is InChI=1S/C24H24N4O6/c1-31-15-6-4-12(5-7-15)13-8-16-20(17(29)9-13)21(26-24-23(25-16)27-34-28-24)14-10-18(32-2)22(30)19(11-14)33-3/h4-7,10-11,13,21,30H,8-9H2,1-3H3,(H,25,27)(H,26,28). The molecule has 1 aromatic heterocycles. The summed E-state index contributed by atoms with van der Waals surface area (Å²) in [5.41, 5.74) is 3.00. The Balaban J connectivity index is 1.60. The van der Waals surface area contributed by atoms with Crippen molar-refractivity contribution in [2.24, 2.45) is 0 Å². The van der Waals surface area contributed by atoms with Crippen molar-refractivity contribution >= 4 is 17.4 Å². The number of carbonyl (C=O) groups excluding carboxylic acids is 1. The molecular weight excluding hydrogens is 440 g/mol. The lowest BCUT2D eigenvalue weighted by atomic mass is 9.78. The molecule has 0 fully saturated rings. The van der Waals surface area contributed by atoms with E-state index in [-0.39, 0.29) is 28.9 Å². The van der Waals surface area contributed by atoms with Gasteiger partial charge in [0, 0.05) is 17.7 Å². The number of benzene rings is 2. The predicted octanol–water partition coefficient (Wildman–Crippen LogP) is 3.78. The lowest BCUT2D eigenvalue weighted by Crippen LogP contribution is -2.27.